The van der Waals surface area contributed by atoms with E-state index in [1.54, 1.807) is 12.1 Å². The summed E-state index contributed by atoms with van der Waals surface area (Å²) in [5, 5.41) is 0. The average Bonchev–Trinajstić information content (AvgIpc) is 2.88. The van der Waals surface area contributed by atoms with E-state index in [-0.39, 0.29) is 18.1 Å². The zero-order valence-corrected chi connectivity index (χ0v) is 10.1. The molecule has 2 saturated heterocycles. The molecule has 0 N–H and O–H groups in total. The molecule has 96 valence electrons. The van der Waals surface area contributed by atoms with Crippen molar-refractivity contribution in [2.75, 3.05) is 26.3 Å². The molecule has 3 rings (SSSR count). The summed E-state index contributed by atoms with van der Waals surface area (Å²) in [4.78, 5) is 14.0. The number of hydrogen-bond donors (Lipinski definition) is 0. The maximum Gasteiger partial charge on any atom is 0.227 e. The van der Waals surface area contributed by atoms with Gasteiger partial charge in [0.1, 0.15) is 5.82 Å². The molecule has 1 aromatic rings. The lowest BCUT2D eigenvalue weighted by Crippen LogP contribution is -2.31. The van der Waals surface area contributed by atoms with Crippen LogP contribution in [0.5, 0.6) is 0 Å². The monoisotopic (exact) mass is 249 g/mol. The van der Waals surface area contributed by atoms with Crippen molar-refractivity contribution in [2.45, 2.75) is 6.42 Å². The third-order valence-corrected chi connectivity index (χ3v) is 3.84. The molecule has 0 aliphatic carbocycles. The van der Waals surface area contributed by atoms with Gasteiger partial charge in [-0.2, -0.15) is 0 Å². The Hall–Kier alpha value is -1.42. The molecule has 3 nitrogen and oxygen atoms in total. The molecule has 18 heavy (non-hydrogen) atoms. The predicted molar refractivity (Wildman–Crippen MR) is 64.5 cm³/mol. The van der Waals surface area contributed by atoms with Crippen LogP contribution in [0.25, 0.3) is 0 Å². The standard InChI is InChI=1S/C14H16FNO2/c15-13-3-1-2-10(4-13)5-14(17)16-6-11-8-18-9-12(11)7-16/h1-4,11-12H,5-9H2/t11-,12-/m0/s1. The van der Waals surface area contributed by atoms with Gasteiger partial charge in [-0.25, -0.2) is 4.39 Å². The largest absolute Gasteiger partial charge is 0.381 e. The van der Waals surface area contributed by atoms with E-state index in [4.69, 9.17) is 4.74 Å². The lowest BCUT2D eigenvalue weighted by atomic mass is 10.0. The molecule has 2 atom stereocenters. The minimum absolute atomic E-state index is 0.0926. The molecule has 1 aromatic carbocycles. The number of fused-ring (bicyclic) bond motifs is 1. The van der Waals surface area contributed by atoms with Crippen LogP contribution in [0.3, 0.4) is 0 Å². The zero-order valence-electron chi connectivity index (χ0n) is 10.1. The lowest BCUT2D eigenvalue weighted by Gasteiger charge is -2.17. The summed E-state index contributed by atoms with van der Waals surface area (Å²) >= 11 is 0. The molecule has 1 amide bonds. The fourth-order valence-electron chi connectivity index (χ4n) is 2.82. The third-order valence-electron chi connectivity index (χ3n) is 3.84. The van der Waals surface area contributed by atoms with E-state index < -0.39 is 0 Å². The Morgan fingerprint density at radius 1 is 1.33 bits per heavy atom. The van der Waals surface area contributed by atoms with Crippen LogP contribution in [0.2, 0.25) is 0 Å². The molecule has 2 aliphatic rings. The van der Waals surface area contributed by atoms with Gasteiger partial charge in [0.15, 0.2) is 0 Å². The van der Waals surface area contributed by atoms with Gasteiger partial charge in [0.05, 0.1) is 19.6 Å². The van der Waals surface area contributed by atoms with Crippen molar-refractivity contribution in [3.63, 3.8) is 0 Å². The number of amides is 1. The van der Waals surface area contributed by atoms with Crippen LogP contribution >= 0.6 is 0 Å². The Labute approximate surface area is 106 Å². The fourth-order valence-corrected chi connectivity index (χ4v) is 2.82. The summed E-state index contributed by atoms with van der Waals surface area (Å²) < 4.78 is 18.4. The Balaban J connectivity index is 1.62. The normalized spacial score (nSPS) is 26.4. The summed E-state index contributed by atoms with van der Waals surface area (Å²) in [7, 11) is 0. The van der Waals surface area contributed by atoms with Crippen LogP contribution in [0.15, 0.2) is 24.3 Å². The highest BCUT2D eigenvalue weighted by Crippen LogP contribution is 2.29. The van der Waals surface area contributed by atoms with E-state index in [1.165, 1.54) is 12.1 Å². The maximum atomic E-state index is 13.0. The van der Waals surface area contributed by atoms with E-state index in [1.807, 2.05) is 4.90 Å². The van der Waals surface area contributed by atoms with Gasteiger partial charge in [-0.3, -0.25) is 4.79 Å². The molecule has 4 heteroatoms. The Morgan fingerprint density at radius 2 is 2.06 bits per heavy atom. The van der Waals surface area contributed by atoms with Crippen molar-refractivity contribution < 1.29 is 13.9 Å². The number of carbonyl (C=O) groups excluding carboxylic acids is 1. The topological polar surface area (TPSA) is 29.5 Å². The van der Waals surface area contributed by atoms with Gasteiger partial charge in [0.2, 0.25) is 5.91 Å². The fraction of sp³-hybridized carbons (Fsp3) is 0.500. The van der Waals surface area contributed by atoms with E-state index in [0.717, 1.165) is 31.9 Å². The van der Waals surface area contributed by atoms with Crippen LogP contribution in [-0.4, -0.2) is 37.1 Å². The minimum atomic E-state index is -0.285. The Morgan fingerprint density at radius 3 is 2.72 bits per heavy atom. The van der Waals surface area contributed by atoms with Crippen LogP contribution in [0, 0.1) is 17.7 Å². The lowest BCUT2D eigenvalue weighted by molar-refractivity contribution is -0.129. The summed E-state index contributed by atoms with van der Waals surface area (Å²) in [6, 6.07) is 6.26. The van der Waals surface area contributed by atoms with Crippen molar-refractivity contribution in [2.24, 2.45) is 11.8 Å². The van der Waals surface area contributed by atoms with Crippen LogP contribution < -0.4 is 0 Å². The van der Waals surface area contributed by atoms with Crippen molar-refractivity contribution >= 4 is 5.91 Å². The first kappa shape index (κ1) is 11.7. The summed E-state index contributed by atoms with van der Waals surface area (Å²) in [5.74, 6) is 0.810. The van der Waals surface area contributed by atoms with Gasteiger partial charge in [-0.1, -0.05) is 12.1 Å². The van der Waals surface area contributed by atoms with Crippen molar-refractivity contribution in [3.8, 4) is 0 Å². The highest BCUT2D eigenvalue weighted by Gasteiger charge is 2.38. The Kier molecular flexibility index (Phi) is 3.04. The summed E-state index contributed by atoms with van der Waals surface area (Å²) in [5.41, 5.74) is 0.744. The molecule has 2 fully saturated rings. The molecular formula is C14H16FNO2. The molecule has 0 spiro atoms. The molecular weight excluding hydrogens is 233 g/mol. The van der Waals surface area contributed by atoms with Gasteiger partial charge in [0.25, 0.3) is 0 Å². The van der Waals surface area contributed by atoms with Crippen molar-refractivity contribution in [1.29, 1.82) is 0 Å². The number of benzene rings is 1. The average molecular weight is 249 g/mol. The van der Waals surface area contributed by atoms with E-state index in [2.05, 4.69) is 0 Å². The number of carbonyl (C=O) groups is 1. The van der Waals surface area contributed by atoms with E-state index in [9.17, 15) is 9.18 Å². The number of nitrogens with zero attached hydrogens (tertiary/aromatic N) is 1. The van der Waals surface area contributed by atoms with Crippen molar-refractivity contribution in [1.82, 2.24) is 4.90 Å². The number of rotatable bonds is 2. The molecule has 2 heterocycles. The highest BCUT2D eigenvalue weighted by atomic mass is 19.1. The quantitative estimate of drug-likeness (QED) is 0.794. The first-order valence-electron chi connectivity index (χ1n) is 6.32. The first-order chi connectivity index (χ1) is 8.72. The first-order valence-corrected chi connectivity index (χ1v) is 6.32. The van der Waals surface area contributed by atoms with Gasteiger partial charge >= 0.3 is 0 Å². The number of ether oxygens (including phenoxy) is 1. The molecule has 0 radical (unpaired) electrons. The minimum Gasteiger partial charge on any atom is -0.381 e. The second-order valence-electron chi connectivity index (χ2n) is 5.16. The van der Waals surface area contributed by atoms with Gasteiger partial charge in [-0.05, 0) is 17.7 Å². The second kappa shape index (κ2) is 4.69. The molecule has 0 saturated carbocycles. The molecule has 0 unspecified atom stereocenters. The number of hydrogen-bond acceptors (Lipinski definition) is 2. The molecule has 2 aliphatic heterocycles. The zero-order chi connectivity index (χ0) is 12.5. The van der Waals surface area contributed by atoms with Crippen molar-refractivity contribution in [3.05, 3.63) is 35.6 Å². The van der Waals surface area contributed by atoms with Gasteiger partial charge < -0.3 is 9.64 Å². The third kappa shape index (κ3) is 2.25. The maximum absolute atomic E-state index is 13.0. The van der Waals surface area contributed by atoms with Gasteiger partial charge in [0, 0.05) is 24.9 Å². The predicted octanol–water partition coefficient (Wildman–Crippen LogP) is 1.47. The van der Waals surface area contributed by atoms with Gasteiger partial charge in [-0.15, -0.1) is 0 Å². The van der Waals surface area contributed by atoms with E-state index in [0.29, 0.717) is 11.8 Å². The Bertz CT molecular complexity index is 451. The SMILES string of the molecule is O=C(Cc1cccc(F)c1)N1C[C@H]2COC[C@@H]2C1. The smallest absolute Gasteiger partial charge is 0.227 e. The summed E-state index contributed by atoms with van der Waals surface area (Å²) in [6.07, 6.45) is 0.290. The highest BCUT2D eigenvalue weighted by molar-refractivity contribution is 5.79. The summed E-state index contributed by atoms with van der Waals surface area (Å²) in [6.45, 7) is 3.13. The van der Waals surface area contributed by atoms with Crippen LogP contribution in [-0.2, 0) is 16.0 Å². The van der Waals surface area contributed by atoms with Crippen LogP contribution in [0.4, 0.5) is 4.39 Å². The molecule has 0 bridgehead atoms. The molecule has 0 aromatic heterocycles. The number of likely N-dealkylation sites (tertiary alicyclic amines) is 1. The second-order valence-corrected chi connectivity index (χ2v) is 5.16. The van der Waals surface area contributed by atoms with Crippen LogP contribution in [0.1, 0.15) is 5.56 Å². The number of halogens is 1. The van der Waals surface area contributed by atoms with E-state index >= 15 is 0 Å².